The molecule has 6 nitrogen and oxygen atoms in total. The van der Waals surface area contributed by atoms with Gasteiger partial charge in [-0.05, 0) is 41.7 Å². The van der Waals surface area contributed by atoms with Crippen molar-refractivity contribution in [2.75, 3.05) is 32.8 Å². The van der Waals surface area contributed by atoms with Crippen LogP contribution in [0, 0.1) is 5.82 Å². The smallest absolute Gasteiger partial charge is 0.409 e. The van der Waals surface area contributed by atoms with E-state index < -0.39 is 30.3 Å². The number of amides is 2. The van der Waals surface area contributed by atoms with Crippen molar-refractivity contribution >= 4 is 12.0 Å². The molecule has 4 rings (SSSR count). The van der Waals surface area contributed by atoms with Crippen LogP contribution in [0.15, 0.2) is 48.5 Å². The van der Waals surface area contributed by atoms with Gasteiger partial charge in [-0.1, -0.05) is 49.7 Å². The fourth-order valence-corrected chi connectivity index (χ4v) is 4.55. The van der Waals surface area contributed by atoms with Gasteiger partial charge in [0.2, 0.25) is 0 Å². The van der Waals surface area contributed by atoms with Gasteiger partial charge in [0, 0.05) is 13.1 Å². The summed E-state index contributed by atoms with van der Waals surface area (Å²) >= 11 is 0. The molecular weight excluding hydrogens is 442 g/mol. The van der Waals surface area contributed by atoms with E-state index in [0.717, 1.165) is 29.5 Å². The number of rotatable bonds is 5. The van der Waals surface area contributed by atoms with Crippen molar-refractivity contribution in [1.82, 2.24) is 9.80 Å². The summed E-state index contributed by atoms with van der Waals surface area (Å²) in [7, 11) is 0. The molecule has 2 heterocycles. The number of hydrogen-bond donors (Lipinski definition) is 0. The van der Waals surface area contributed by atoms with Crippen LogP contribution in [-0.4, -0.2) is 66.9 Å². The minimum absolute atomic E-state index is 0.0331. The zero-order valence-electron chi connectivity index (χ0n) is 19.3. The first-order valence-electron chi connectivity index (χ1n) is 11.8. The molecule has 2 amide bonds. The molecule has 2 aromatic rings. The molecule has 2 aliphatic rings. The zero-order chi connectivity index (χ0) is 24.1. The molecule has 0 N–H and O–H groups in total. The predicted octanol–water partition coefficient (Wildman–Crippen LogP) is 4.28. The third-order valence-corrected chi connectivity index (χ3v) is 6.36. The Morgan fingerprint density at radius 2 is 1.88 bits per heavy atom. The van der Waals surface area contributed by atoms with Crippen molar-refractivity contribution in [2.45, 2.75) is 44.5 Å². The normalized spacial score (nSPS) is 22.6. The molecule has 0 aromatic heterocycles. The zero-order valence-corrected chi connectivity index (χ0v) is 19.3. The van der Waals surface area contributed by atoms with E-state index in [2.05, 4.69) is 0 Å². The summed E-state index contributed by atoms with van der Waals surface area (Å²) in [5.74, 6) is -0.843. The molecule has 0 unspecified atom stereocenters. The average Bonchev–Trinajstić information content (AvgIpc) is 3.05. The molecule has 0 saturated carbocycles. The molecule has 34 heavy (non-hydrogen) atoms. The summed E-state index contributed by atoms with van der Waals surface area (Å²) in [4.78, 5) is 28.8. The molecule has 3 atom stereocenters. The summed E-state index contributed by atoms with van der Waals surface area (Å²) < 4.78 is 39.8. The fourth-order valence-electron chi connectivity index (χ4n) is 4.55. The van der Waals surface area contributed by atoms with Crippen LogP contribution in [0.2, 0.25) is 0 Å². The van der Waals surface area contributed by atoms with Crippen molar-refractivity contribution in [2.24, 2.45) is 0 Å². The number of nitrogens with zero attached hydrogens (tertiary/aromatic N) is 2. The Morgan fingerprint density at radius 3 is 2.65 bits per heavy atom. The molecule has 8 heteroatoms. The molecule has 1 saturated heterocycles. The van der Waals surface area contributed by atoms with Crippen LogP contribution in [0.5, 0.6) is 0 Å². The minimum Gasteiger partial charge on any atom is -0.449 e. The molecule has 0 spiro atoms. The van der Waals surface area contributed by atoms with E-state index >= 15 is 4.39 Å². The Kier molecular flexibility index (Phi) is 7.77. The lowest BCUT2D eigenvalue weighted by atomic mass is 9.87. The van der Waals surface area contributed by atoms with Crippen LogP contribution in [0.4, 0.5) is 13.6 Å². The largest absolute Gasteiger partial charge is 0.449 e. The van der Waals surface area contributed by atoms with E-state index in [1.807, 2.05) is 31.2 Å². The van der Waals surface area contributed by atoms with Gasteiger partial charge in [-0.3, -0.25) is 4.79 Å². The number of alkyl halides is 1. The molecule has 0 radical (unpaired) electrons. The van der Waals surface area contributed by atoms with Crippen LogP contribution in [0.1, 0.15) is 42.5 Å². The SMILES string of the molecule is CCCCOC(=O)N1CCO[C@H](C(=O)N2CCc3ccccc3[C@@H]2c2ccc(F)cc2)[C@@H](F)C1. The highest BCUT2D eigenvalue weighted by molar-refractivity contribution is 5.83. The number of fused-ring (bicyclic) bond motifs is 1. The summed E-state index contributed by atoms with van der Waals surface area (Å²) in [6.07, 6.45) is -1.38. The number of ether oxygens (including phenoxy) is 2. The van der Waals surface area contributed by atoms with E-state index in [1.165, 1.54) is 17.0 Å². The maximum absolute atomic E-state index is 15.3. The standard InChI is InChI=1S/C26H30F2N2O4/c1-2-3-15-34-26(32)29-14-16-33-24(22(28)17-29)25(31)30-13-12-18-6-4-5-7-21(18)23(30)19-8-10-20(27)11-9-19/h4-11,22-24H,2-3,12-17H2,1H3/t22-,23-,24-/m0/s1. The van der Waals surface area contributed by atoms with Crippen molar-refractivity contribution < 1.29 is 27.8 Å². The van der Waals surface area contributed by atoms with Crippen molar-refractivity contribution in [3.05, 3.63) is 71.0 Å². The molecule has 0 bridgehead atoms. The van der Waals surface area contributed by atoms with Gasteiger partial charge in [-0.2, -0.15) is 0 Å². The quantitative estimate of drug-likeness (QED) is 0.610. The first-order chi connectivity index (χ1) is 16.5. The lowest BCUT2D eigenvalue weighted by Crippen LogP contribution is -2.50. The number of halogens is 2. The third kappa shape index (κ3) is 5.22. The second kappa shape index (κ2) is 11.0. The Labute approximate surface area is 198 Å². The summed E-state index contributed by atoms with van der Waals surface area (Å²) in [6.45, 7) is 2.56. The van der Waals surface area contributed by atoms with Gasteiger partial charge >= 0.3 is 6.09 Å². The molecule has 0 aliphatic carbocycles. The number of hydrogen-bond acceptors (Lipinski definition) is 4. The maximum atomic E-state index is 15.3. The number of unbranched alkanes of at least 4 members (excludes halogenated alkanes) is 1. The summed E-state index contributed by atoms with van der Waals surface area (Å²) in [5.41, 5.74) is 2.77. The third-order valence-electron chi connectivity index (χ3n) is 6.36. The fraction of sp³-hybridized carbons (Fsp3) is 0.462. The van der Waals surface area contributed by atoms with Crippen LogP contribution >= 0.6 is 0 Å². The second-order valence-corrected chi connectivity index (χ2v) is 8.66. The van der Waals surface area contributed by atoms with Gasteiger partial charge in [0.1, 0.15) is 5.82 Å². The van der Waals surface area contributed by atoms with Gasteiger partial charge in [0.15, 0.2) is 12.3 Å². The Hall–Kier alpha value is -3.00. The van der Waals surface area contributed by atoms with Gasteiger partial charge in [-0.25, -0.2) is 13.6 Å². The van der Waals surface area contributed by atoms with Gasteiger partial charge in [-0.15, -0.1) is 0 Å². The first kappa shape index (κ1) is 24.1. The topological polar surface area (TPSA) is 59.1 Å². The Bertz CT molecular complexity index is 1000. The van der Waals surface area contributed by atoms with E-state index in [0.29, 0.717) is 13.0 Å². The Morgan fingerprint density at radius 1 is 1.12 bits per heavy atom. The van der Waals surface area contributed by atoms with Crippen molar-refractivity contribution in [1.29, 1.82) is 0 Å². The Balaban J connectivity index is 1.55. The first-order valence-corrected chi connectivity index (χ1v) is 11.8. The van der Waals surface area contributed by atoms with Crippen LogP contribution in [0.3, 0.4) is 0 Å². The van der Waals surface area contributed by atoms with Crippen LogP contribution in [-0.2, 0) is 20.7 Å². The highest BCUT2D eigenvalue weighted by Gasteiger charge is 2.41. The van der Waals surface area contributed by atoms with E-state index in [9.17, 15) is 14.0 Å². The van der Waals surface area contributed by atoms with Crippen LogP contribution in [0.25, 0.3) is 0 Å². The van der Waals surface area contributed by atoms with E-state index in [4.69, 9.17) is 9.47 Å². The van der Waals surface area contributed by atoms with E-state index in [1.54, 1.807) is 17.0 Å². The monoisotopic (exact) mass is 472 g/mol. The summed E-state index contributed by atoms with van der Waals surface area (Å²) in [5, 5.41) is 0. The molecule has 2 aliphatic heterocycles. The lowest BCUT2D eigenvalue weighted by molar-refractivity contribution is -0.149. The molecule has 2 aromatic carbocycles. The molecule has 1 fully saturated rings. The number of carbonyl (C=O) groups excluding carboxylic acids is 2. The van der Waals surface area contributed by atoms with Crippen molar-refractivity contribution in [3.63, 3.8) is 0 Å². The van der Waals surface area contributed by atoms with Crippen LogP contribution < -0.4 is 0 Å². The minimum atomic E-state index is -1.69. The molecular formula is C26H30F2N2O4. The molecule has 182 valence electrons. The number of carbonyl (C=O) groups is 2. The number of benzene rings is 2. The second-order valence-electron chi connectivity index (χ2n) is 8.66. The highest BCUT2D eigenvalue weighted by Crippen LogP contribution is 2.36. The van der Waals surface area contributed by atoms with Gasteiger partial charge in [0.05, 0.1) is 25.8 Å². The highest BCUT2D eigenvalue weighted by atomic mass is 19.1. The average molecular weight is 473 g/mol. The van der Waals surface area contributed by atoms with E-state index in [-0.39, 0.29) is 32.1 Å². The summed E-state index contributed by atoms with van der Waals surface area (Å²) in [6, 6.07) is 13.3. The lowest BCUT2D eigenvalue weighted by Gasteiger charge is -2.39. The predicted molar refractivity (Wildman–Crippen MR) is 123 cm³/mol. The maximum Gasteiger partial charge on any atom is 0.409 e. The van der Waals surface area contributed by atoms with Crippen molar-refractivity contribution in [3.8, 4) is 0 Å². The van der Waals surface area contributed by atoms with Gasteiger partial charge in [0.25, 0.3) is 5.91 Å². The van der Waals surface area contributed by atoms with Gasteiger partial charge < -0.3 is 19.3 Å².